The number of benzene rings is 3. The maximum absolute atomic E-state index is 13.1. The Labute approximate surface area is 207 Å². The largest absolute Gasteiger partial charge is 0.332 e. The number of hydrogen-bond donors (Lipinski definition) is 1. The quantitative estimate of drug-likeness (QED) is 0.327. The van der Waals surface area contributed by atoms with Gasteiger partial charge in [-0.15, -0.1) is 0 Å². The molecule has 0 atom stereocenters. The Morgan fingerprint density at radius 3 is 2.44 bits per heavy atom. The Morgan fingerprint density at radius 2 is 1.72 bits per heavy atom. The summed E-state index contributed by atoms with van der Waals surface area (Å²) >= 11 is 0. The number of nitrogens with one attached hydrogen (secondary N) is 1. The highest BCUT2D eigenvalue weighted by Gasteiger charge is 2.16. The lowest BCUT2D eigenvalue weighted by molar-refractivity contribution is 0.431. The first-order valence-corrected chi connectivity index (χ1v) is 12.6. The van der Waals surface area contributed by atoms with E-state index in [2.05, 4.69) is 19.8 Å². The Morgan fingerprint density at radius 1 is 0.972 bits per heavy atom. The second-order valence-electron chi connectivity index (χ2n) is 8.41. The molecule has 2 heterocycles. The number of halogens is 1. The maximum Gasteiger partial charge on any atom is 0.278 e. The minimum Gasteiger partial charge on any atom is -0.332 e. The molecule has 0 saturated heterocycles. The fourth-order valence-corrected chi connectivity index (χ4v) is 4.73. The van der Waals surface area contributed by atoms with E-state index in [4.69, 9.17) is 4.52 Å². The number of sulfonamides is 1. The minimum absolute atomic E-state index is 0.226. The number of imidazole rings is 1. The van der Waals surface area contributed by atoms with E-state index < -0.39 is 10.0 Å². The molecule has 0 amide bonds. The Bertz CT molecular complexity index is 1630. The van der Waals surface area contributed by atoms with Gasteiger partial charge in [0.15, 0.2) is 0 Å². The summed E-state index contributed by atoms with van der Waals surface area (Å²) in [5.41, 5.74) is 4.52. The Balaban J connectivity index is 1.25. The van der Waals surface area contributed by atoms with E-state index in [-0.39, 0.29) is 16.6 Å². The zero-order chi connectivity index (χ0) is 25.3. The predicted molar refractivity (Wildman–Crippen MR) is 133 cm³/mol. The van der Waals surface area contributed by atoms with Crippen LogP contribution in [0.2, 0.25) is 0 Å². The third kappa shape index (κ3) is 5.03. The molecule has 0 saturated carbocycles. The number of aryl methyl sites for hydroxylation is 2. The van der Waals surface area contributed by atoms with Crippen LogP contribution in [-0.4, -0.2) is 28.1 Å². The van der Waals surface area contributed by atoms with Gasteiger partial charge in [-0.05, 0) is 79.1 Å². The van der Waals surface area contributed by atoms with E-state index >= 15 is 0 Å². The van der Waals surface area contributed by atoms with Crippen LogP contribution in [0.25, 0.3) is 23.0 Å². The van der Waals surface area contributed by atoms with Gasteiger partial charge in [-0.1, -0.05) is 23.4 Å². The fourth-order valence-electron chi connectivity index (χ4n) is 3.58. The van der Waals surface area contributed by atoms with Gasteiger partial charge in [-0.2, -0.15) is 4.98 Å². The predicted octanol–water partition coefficient (Wildman–Crippen LogP) is 5.21. The average molecular weight is 504 g/mol. The topological polar surface area (TPSA) is 103 Å². The zero-order valence-electron chi connectivity index (χ0n) is 19.5. The summed E-state index contributed by atoms with van der Waals surface area (Å²) < 4.78 is 48.4. The number of rotatable bonds is 7. The SMILES string of the molecule is Cc1ccc(S(=O)(=O)Nc2ccc(Cn3cnc(-c4nc(-c5ccc(F)cc5)no4)c3)cc2)cc1C. The monoisotopic (exact) mass is 503 g/mol. The molecule has 0 aliphatic rings. The molecule has 2 aromatic heterocycles. The van der Waals surface area contributed by atoms with Gasteiger partial charge in [0.2, 0.25) is 5.82 Å². The highest BCUT2D eigenvalue weighted by atomic mass is 32.2. The number of nitrogens with zero attached hydrogens (tertiary/aromatic N) is 4. The molecule has 5 rings (SSSR count). The van der Waals surface area contributed by atoms with Crippen LogP contribution in [0.5, 0.6) is 0 Å². The molecule has 8 nitrogen and oxygen atoms in total. The van der Waals surface area contributed by atoms with Crippen LogP contribution in [-0.2, 0) is 16.6 Å². The van der Waals surface area contributed by atoms with Crippen molar-refractivity contribution in [3.63, 3.8) is 0 Å². The molecule has 36 heavy (non-hydrogen) atoms. The van der Waals surface area contributed by atoms with Crippen LogP contribution in [0.3, 0.4) is 0 Å². The lowest BCUT2D eigenvalue weighted by Crippen LogP contribution is -2.13. The van der Waals surface area contributed by atoms with Crippen molar-refractivity contribution in [1.82, 2.24) is 19.7 Å². The van der Waals surface area contributed by atoms with Crippen molar-refractivity contribution < 1.29 is 17.3 Å². The first-order valence-electron chi connectivity index (χ1n) is 11.1. The smallest absolute Gasteiger partial charge is 0.278 e. The van der Waals surface area contributed by atoms with Gasteiger partial charge < -0.3 is 9.09 Å². The van der Waals surface area contributed by atoms with Gasteiger partial charge in [0.1, 0.15) is 11.5 Å². The summed E-state index contributed by atoms with van der Waals surface area (Å²) in [5.74, 6) is 0.260. The molecule has 0 spiro atoms. The molecule has 5 aromatic rings. The van der Waals surface area contributed by atoms with E-state index in [0.717, 1.165) is 16.7 Å². The average Bonchev–Trinajstić information content (AvgIpc) is 3.52. The van der Waals surface area contributed by atoms with Crippen molar-refractivity contribution >= 4 is 15.7 Å². The standard InChI is InChI=1S/C26H22FN5O3S/c1-17-3-12-23(13-18(17)2)36(33,34)31-22-10-4-19(5-11-22)14-32-15-24(28-16-32)26-29-25(30-35-26)20-6-8-21(27)9-7-20/h3-13,15-16,31H,14H2,1-2H3. The highest BCUT2D eigenvalue weighted by molar-refractivity contribution is 7.92. The van der Waals surface area contributed by atoms with Crippen molar-refractivity contribution in [3.8, 4) is 23.0 Å². The normalized spacial score (nSPS) is 11.5. The molecule has 1 N–H and O–H groups in total. The first kappa shape index (κ1) is 23.4. The second kappa shape index (κ2) is 9.38. The van der Waals surface area contributed by atoms with E-state index in [1.165, 1.54) is 12.1 Å². The summed E-state index contributed by atoms with van der Waals surface area (Å²) in [5, 5.41) is 3.94. The van der Waals surface area contributed by atoms with Crippen molar-refractivity contribution in [3.05, 3.63) is 102 Å². The van der Waals surface area contributed by atoms with Crippen molar-refractivity contribution in [2.45, 2.75) is 25.3 Å². The number of hydrogen-bond acceptors (Lipinski definition) is 6. The van der Waals surface area contributed by atoms with Crippen LogP contribution in [0, 0.1) is 19.7 Å². The van der Waals surface area contributed by atoms with Crippen LogP contribution in [0.1, 0.15) is 16.7 Å². The van der Waals surface area contributed by atoms with E-state index in [1.807, 2.05) is 30.5 Å². The van der Waals surface area contributed by atoms with Gasteiger partial charge in [0.05, 0.1) is 11.2 Å². The molecule has 182 valence electrons. The molecule has 10 heteroatoms. The van der Waals surface area contributed by atoms with Gasteiger partial charge >= 0.3 is 0 Å². The molecule has 0 aliphatic heterocycles. The molecule has 0 bridgehead atoms. The molecular formula is C26H22FN5O3S. The molecule has 0 radical (unpaired) electrons. The minimum atomic E-state index is -3.68. The second-order valence-corrected chi connectivity index (χ2v) is 10.1. The fraction of sp³-hybridized carbons (Fsp3) is 0.115. The van der Waals surface area contributed by atoms with Crippen molar-refractivity contribution in [2.75, 3.05) is 4.72 Å². The van der Waals surface area contributed by atoms with Crippen molar-refractivity contribution in [2.24, 2.45) is 0 Å². The highest BCUT2D eigenvalue weighted by Crippen LogP contribution is 2.22. The maximum atomic E-state index is 13.1. The van der Waals surface area contributed by atoms with E-state index in [9.17, 15) is 12.8 Å². The lowest BCUT2D eigenvalue weighted by atomic mass is 10.1. The molecule has 0 unspecified atom stereocenters. The Kier molecular flexibility index (Phi) is 6.11. The third-order valence-electron chi connectivity index (χ3n) is 5.74. The van der Waals surface area contributed by atoms with Crippen LogP contribution in [0.4, 0.5) is 10.1 Å². The van der Waals surface area contributed by atoms with Gasteiger partial charge in [-0.3, -0.25) is 4.72 Å². The Hall–Kier alpha value is -4.31. The number of aromatic nitrogens is 4. The van der Waals surface area contributed by atoms with Crippen molar-refractivity contribution in [1.29, 1.82) is 0 Å². The third-order valence-corrected chi connectivity index (χ3v) is 7.12. The van der Waals surface area contributed by atoms with Crippen LogP contribution < -0.4 is 4.72 Å². The van der Waals surface area contributed by atoms with Crippen LogP contribution in [0.15, 0.2) is 88.7 Å². The molecular weight excluding hydrogens is 481 g/mol. The summed E-state index contributed by atoms with van der Waals surface area (Å²) in [7, 11) is -3.68. The van der Waals surface area contributed by atoms with Gasteiger partial charge in [-0.25, -0.2) is 17.8 Å². The molecule has 0 fully saturated rings. The number of anilines is 1. The lowest BCUT2D eigenvalue weighted by Gasteiger charge is -2.10. The summed E-state index contributed by atoms with van der Waals surface area (Å²) in [6, 6.07) is 18.0. The summed E-state index contributed by atoms with van der Waals surface area (Å²) in [4.78, 5) is 8.90. The first-order chi connectivity index (χ1) is 17.3. The summed E-state index contributed by atoms with van der Waals surface area (Å²) in [6.07, 6.45) is 3.42. The van der Waals surface area contributed by atoms with Gasteiger partial charge in [0, 0.05) is 24.0 Å². The van der Waals surface area contributed by atoms with E-state index in [1.54, 1.807) is 55.0 Å². The zero-order valence-corrected chi connectivity index (χ0v) is 20.3. The van der Waals surface area contributed by atoms with Gasteiger partial charge in [0.25, 0.3) is 15.9 Å². The van der Waals surface area contributed by atoms with E-state index in [0.29, 0.717) is 29.3 Å². The summed E-state index contributed by atoms with van der Waals surface area (Å²) in [6.45, 7) is 4.33. The molecule has 3 aromatic carbocycles. The van der Waals surface area contributed by atoms with Crippen LogP contribution >= 0.6 is 0 Å². The molecule has 0 aliphatic carbocycles.